The van der Waals surface area contributed by atoms with Crippen LogP contribution in [0.2, 0.25) is 0 Å². The smallest absolute Gasteiger partial charge is 0.308 e. The van der Waals surface area contributed by atoms with E-state index in [1.807, 2.05) is 6.92 Å². The van der Waals surface area contributed by atoms with Crippen molar-refractivity contribution in [1.82, 2.24) is 0 Å². The molecule has 0 N–H and O–H groups in total. The Bertz CT molecular complexity index is 743. The second-order valence-corrected chi connectivity index (χ2v) is 10.2. The van der Waals surface area contributed by atoms with Gasteiger partial charge < -0.3 is 14.2 Å². The number of benzene rings is 1. The lowest BCUT2D eigenvalue weighted by Gasteiger charge is -2.40. The third kappa shape index (κ3) is 5.53. The van der Waals surface area contributed by atoms with Crippen molar-refractivity contribution in [2.45, 2.75) is 82.2 Å². The maximum Gasteiger partial charge on any atom is 0.308 e. The molecule has 0 unspecified atom stereocenters. The highest BCUT2D eigenvalue weighted by molar-refractivity contribution is 7.92. The molecule has 1 heterocycles. The van der Waals surface area contributed by atoms with E-state index in [-0.39, 0.29) is 17.7 Å². The first-order valence-electron chi connectivity index (χ1n) is 8.66. The van der Waals surface area contributed by atoms with Crippen LogP contribution in [0.4, 0.5) is 0 Å². The average molecular weight is 384 g/mol. The molecular formula is C19H28O6S. The van der Waals surface area contributed by atoms with Crippen LogP contribution >= 0.6 is 0 Å². The molecule has 1 aromatic rings. The van der Waals surface area contributed by atoms with Crippen molar-refractivity contribution in [2.24, 2.45) is 0 Å². The normalized spacial score (nSPS) is 23.5. The number of ether oxygens (including phenoxy) is 3. The van der Waals surface area contributed by atoms with Gasteiger partial charge in [0, 0.05) is 6.42 Å². The van der Waals surface area contributed by atoms with Gasteiger partial charge in [-0.1, -0.05) is 17.7 Å². The summed E-state index contributed by atoms with van der Waals surface area (Å²) in [6.45, 7) is 10.5. The molecule has 146 valence electrons. The molecule has 0 radical (unpaired) electrons. The van der Waals surface area contributed by atoms with Crippen LogP contribution < -0.4 is 0 Å². The average Bonchev–Trinajstić information content (AvgIpc) is 2.43. The van der Waals surface area contributed by atoms with E-state index < -0.39 is 38.7 Å². The number of aryl methyl sites for hydroxylation is 1. The molecule has 6 nitrogen and oxygen atoms in total. The Morgan fingerprint density at radius 3 is 2.31 bits per heavy atom. The fourth-order valence-electron chi connectivity index (χ4n) is 2.82. The SMILES string of the molecule is Cc1ccc(S(=O)(=O)[C@H]2C[C@@H](CC(=O)OC(C)(C)C)OC(C)(C)O2)cc1. The quantitative estimate of drug-likeness (QED) is 0.741. The molecule has 7 heteroatoms. The molecule has 2 atom stereocenters. The second kappa shape index (κ2) is 7.29. The number of carbonyl (C=O) groups excluding carboxylic acids is 1. The van der Waals surface area contributed by atoms with Crippen LogP contribution in [0.1, 0.15) is 53.0 Å². The lowest BCUT2D eigenvalue weighted by Crippen LogP contribution is -2.48. The summed E-state index contributed by atoms with van der Waals surface area (Å²) in [6.07, 6.45) is -0.554. The van der Waals surface area contributed by atoms with Crippen LogP contribution in [0, 0.1) is 6.92 Å². The number of hydrogen-bond donors (Lipinski definition) is 0. The molecule has 0 aliphatic carbocycles. The van der Waals surface area contributed by atoms with Crippen molar-refractivity contribution in [2.75, 3.05) is 0 Å². The Morgan fingerprint density at radius 2 is 1.77 bits per heavy atom. The van der Waals surface area contributed by atoms with Gasteiger partial charge in [-0.2, -0.15) is 0 Å². The number of rotatable bonds is 4. The maximum absolute atomic E-state index is 12.9. The lowest BCUT2D eigenvalue weighted by atomic mass is 10.1. The van der Waals surface area contributed by atoms with Crippen LogP contribution in [0.5, 0.6) is 0 Å². The van der Waals surface area contributed by atoms with E-state index >= 15 is 0 Å². The van der Waals surface area contributed by atoms with Crippen molar-refractivity contribution >= 4 is 15.8 Å². The van der Waals surface area contributed by atoms with Crippen LogP contribution in [0.3, 0.4) is 0 Å². The van der Waals surface area contributed by atoms with Crippen molar-refractivity contribution in [1.29, 1.82) is 0 Å². The number of sulfone groups is 1. The minimum absolute atomic E-state index is 0.0238. The minimum atomic E-state index is -3.71. The van der Waals surface area contributed by atoms with Crippen LogP contribution in [-0.2, 0) is 28.8 Å². The minimum Gasteiger partial charge on any atom is -0.460 e. The highest BCUT2D eigenvalue weighted by Crippen LogP contribution is 2.34. The third-order valence-electron chi connectivity index (χ3n) is 3.83. The van der Waals surface area contributed by atoms with Crippen LogP contribution in [0.25, 0.3) is 0 Å². The number of esters is 1. The van der Waals surface area contributed by atoms with Gasteiger partial charge in [-0.05, 0) is 53.7 Å². The monoisotopic (exact) mass is 384 g/mol. The summed E-state index contributed by atoms with van der Waals surface area (Å²) in [7, 11) is -3.71. The predicted molar refractivity (Wildman–Crippen MR) is 97.3 cm³/mol. The molecular weight excluding hydrogens is 356 g/mol. The standard InChI is InChI=1S/C19H28O6S/c1-13-7-9-15(10-8-13)26(21,22)17-12-14(23-19(5,6)25-17)11-16(20)24-18(2,3)4/h7-10,14,17H,11-12H2,1-6H3/t14-,17+/m1/s1. The van der Waals surface area contributed by atoms with E-state index in [0.29, 0.717) is 0 Å². The molecule has 0 bridgehead atoms. The highest BCUT2D eigenvalue weighted by Gasteiger charge is 2.43. The summed E-state index contributed by atoms with van der Waals surface area (Å²) in [5.41, 5.74) is -0.716. The summed E-state index contributed by atoms with van der Waals surface area (Å²) in [6, 6.07) is 6.63. The van der Waals surface area contributed by atoms with Gasteiger partial charge >= 0.3 is 5.97 Å². The summed E-state index contributed by atoms with van der Waals surface area (Å²) < 4.78 is 42.6. The van der Waals surface area contributed by atoms with Gasteiger partial charge in [0.1, 0.15) is 5.60 Å². The molecule has 1 saturated heterocycles. The molecule has 0 saturated carbocycles. The van der Waals surface area contributed by atoms with Gasteiger partial charge in [-0.15, -0.1) is 0 Å². The molecule has 26 heavy (non-hydrogen) atoms. The van der Waals surface area contributed by atoms with Crippen molar-refractivity contribution < 1.29 is 27.4 Å². The van der Waals surface area contributed by atoms with E-state index in [9.17, 15) is 13.2 Å². The van der Waals surface area contributed by atoms with Crippen LogP contribution in [0.15, 0.2) is 29.2 Å². The van der Waals surface area contributed by atoms with Gasteiger partial charge in [-0.25, -0.2) is 8.42 Å². The number of carbonyl (C=O) groups is 1. The topological polar surface area (TPSA) is 78.9 Å². The van der Waals surface area contributed by atoms with Crippen molar-refractivity contribution in [3.63, 3.8) is 0 Å². The van der Waals surface area contributed by atoms with E-state index in [0.717, 1.165) is 5.56 Å². The molecule has 0 spiro atoms. The molecule has 0 aromatic heterocycles. The summed E-state index contributed by atoms with van der Waals surface area (Å²) in [5.74, 6) is -1.54. The molecule has 1 fully saturated rings. The molecule has 1 aliphatic heterocycles. The highest BCUT2D eigenvalue weighted by atomic mass is 32.2. The van der Waals surface area contributed by atoms with Gasteiger partial charge in [0.25, 0.3) is 0 Å². The lowest BCUT2D eigenvalue weighted by molar-refractivity contribution is -0.283. The Labute approximate surface area is 155 Å². The molecule has 0 amide bonds. The summed E-state index contributed by atoms with van der Waals surface area (Å²) >= 11 is 0. The zero-order valence-corrected chi connectivity index (χ0v) is 17.1. The van der Waals surface area contributed by atoms with E-state index in [2.05, 4.69) is 0 Å². The fraction of sp³-hybridized carbons (Fsp3) is 0.632. The molecule has 1 aliphatic rings. The number of hydrogen-bond acceptors (Lipinski definition) is 6. The van der Waals surface area contributed by atoms with Gasteiger partial charge in [0.2, 0.25) is 9.84 Å². The van der Waals surface area contributed by atoms with Gasteiger partial charge in [-0.3, -0.25) is 4.79 Å². The Morgan fingerprint density at radius 1 is 1.19 bits per heavy atom. The molecule has 2 rings (SSSR count). The zero-order chi connectivity index (χ0) is 19.8. The largest absolute Gasteiger partial charge is 0.460 e. The Hall–Kier alpha value is -1.44. The van der Waals surface area contributed by atoms with E-state index in [1.165, 1.54) is 0 Å². The van der Waals surface area contributed by atoms with Gasteiger partial charge in [0.15, 0.2) is 11.2 Å². The third-order valence-corrected chi connectivity index (χ3v) is 5.74. The first kappa shape index (κ1) is 20.9. The van der Waals surface area contributed by atoms with E-state index in [1.54, 1.807) is 58.9 Å². The predicted octanol–water partition coefficient (Wildman–Crippen LogP) is 3.37. The van der Waals surface area contributed by atoms with Gasteiger partial charge in [0.05, 0.1) is 17.4 Å². The maximum atomic E-state index is 12.9. The van der Waals surface area contributed by atoms with Crippen LogP contribution in [-0.4, -0.2) is 37.3 Å². The Balaban J connectivity index is 2.19. The van der Waals surface area contributed by atoms with Crippen molar-refractivity contribution in [3.05, 3.63) is 29.8 Å². The van der Waals surface area contributed by atoms with E-state index in [4.69, 9.17) is 14.2 Å². The first-order valence-corrected chi connectivity index (χ1v) is 10.2. The Kier molecular flexibility index (Phi) is 5.85. The second-order valence-electron chi connectivity index (χ2n) is 8.07. The zero-order valence-electron chi connectivity index (χ0n) is 16.2. The summed E-state index contributed by atoms with van der Waals surface area (Å²) in [5, 5.41) is 0. The molecule has 1 aromatic carbocycles. The fourth-order valence-corrected chi connectivity index (χ4v) is 4.47. The summed E-state index contributed by atoms with van der Waals surface area (Å²) in [4.78, 5) is 12.3. The van der Waals surface area contributed by atoms with Crippen molar-refractivity contribution in [3.8, 4) is 0 Å². The first-order chi connectivity index (χ1) is 11.8.